The van der Waals surface area contributed by atoms with Crippen molar-refractivity contribution < 1.29 is 9.53 Å². The van der Waals surface area contributed by atoms with Gasteiger partial charge in [-0.05, 0) is 110 Å². The average molecular weight is 681 g/mol. The molecule has 2 aromatic heterocycles. The maximum Gasteiger partial charge on any atom is 0.338 e. The number of thiazole rings is 1. The number of rotatable bonds is 6. The number of ether oxygens (including phenoxy) is 1. The lowest BCUT2D eigenvalue weighted by atomic mass is 9.95. The van der Waals surface area contributed by atoms with E-state index in [1.165, 1.54) is 20.5 Å². The number of benzene rings is 2. The van der Waals surface area contributed by atoms with E-state index in [9.17, 15) is 9.59 Å². The van der Waals surface area contributed by atoms with Gasteiger partial charge >= 0.3 is 5.97 Å². The van der Waals surface area contributed by atoms with Gasteiger partial charge in [0.15, 0.2) is 4.80 Å². The van der Waals surface area contributed by atoms with E-state index in [-0.39, 0.29) is 12.2 Å². The van der Waals surface area contributed by atoms with Crippen LogP contribution >= 0.6 is 33.9 Å². The molecule has 0 saturated heterocycles. The van der Waals surface area contributed by atoms with Gasteiger partial charge in [0, 0.05) is 40.4 Å². The molecule has 0 aliphatic carbocycles. The van der Waals surface area contributed by atoms with Crippen LogP contribution in [-0.4, -0.2) is 35.8 Å². The highest BCUT2D eigenvalue weighted by atomic mass is 127. The number of hydrogen-bond donors (Lipinski definition) is 0. The van der Waals surface area contributed by atoms with Crippen LogP contribution in [0.15, 0.2) is 69.6 Å². The second-order valence-corrected chi connectivity index (χ2v) is 12.6. The lowest BCUT2D eigenvalue weighted by Crippen LogP contribution is -2.40. The average Bonchev–Trinajstić information content (AvgIpc) is 3.38. The first-order valence-electron chi connectivity index (χ1n) is 13.4. The molecule has 0 saturated carbocycles. The quantitative estimate of drug-likeness (QED) is 0.208. The first-order chi connectivity index (χ1) is 19.5. The number of hydrogen-bond acceptors (Lipinski definition) is 6. The molecule has 7 nitrogen and oxygen atoms in total. The molecule has 0 fully saturated rings. The largest absolute Gasteiger partial charge is 0.463 e. The van der Waals surface area contributed by atoms with Crippen LogP contribution in [0.4, 0.5) is 5.69 Å². The molecule has 41 heavy (non-hydrogen) atoms. The van der Waals surface area contributed by atoms with Gasteiger partial charge in [-0.25, -0.2) is 9.79 Å². The number of anilines is 1. The Morgan fingerprint density at radius 1 is 1.10 bits per heavy atom. The molecular formula is C32H33IN4O3S. The van der Waals surface area contributed by atoms with Crippen LogP contribution in [0.3, 0.4) is 0 Å². The van der Waals surface area contributed by atoms with Gasteiger partial charge in [0.25, 0.3) is 5.56 Å². The van der Waals surface area contributed by atoms with Gasteiger partial charge in [0.05, 0.1) is 28.5 Å². The van der Waals surface area contributed by atoms with Crippen LogP contribution < -0.4 is 19.8 Å². The van der Waals surface area contributed by atoms with Crippen LogP contribution in [0.25, 0.3) is 11.8 Å². The van der Waals surface area contributed by atoms with E-state index in [1.807, 2.05) is 49.3 Å². The smallest absolute Gasteiger partial charge is 0.338 e. The van der Waals surface area contributed by atoms with E-state index in [0.29, 0.717) is 20.6 Å². The Morgan fingerprint density at radius 2 is 1.80 bits per heavy atom. The SMILES string of the molecule is CCOC(=O)C1=C(C)N=c2s/c(=C/c3cc(C)n(-c4ccc(C)c(I)c4)c3C)c(=O)n2[C@@H]1c1ccc(N(C)C)cc1. The zero-order chi connectivity index (χ0) is 29.6. The van der Waals surface area contributed by atoms with Crippen LogP contribution in [-0.2, 0) is 9.53 Å². The van der Waals surface area contributed by atoms with Crippen molar-refractivity contribution in [3.8, 4) is 5.69 Å². The third-order valence-corrected chi connectivity index (χ3v) is 9.56. The Morgan fingerprint density at radius 3 is 2.44 bits per heavy atom. The molecule has 0 unspecified atom stereocenters. The number of esters is 1. The molecule has 0 amide bonds. The number of carbonyl (C=O) groups is 1. The molecular weight excluding hydrogens is 647 g/mol. The van der Waals surface area contributed by atoms with E-state index in [4.69, 9.17) is 9.73 Å². The number of aryl methyl sites for hydroxylation is 2. The first kappa shape index (κ1) is 29.1. The van der Waals surface area contributed by atoms with Crippen LogP contribution in [0.5, 0.6) is 0 Å². The lowest BCUT2D eigenvalue weighted by molar-refractivity contribution is -0.139. The molecule has 5 rings (SSSR count). The lowest BCUT2D eigenvalue weighted by Gasteiger charge is -2.25. The molecule has 4 aromatic rings. The van der Waals surface area contributed by atoms with E-state index in [2.05, 4.69) is 72.2 Å². The highest BCUT2D eigenvalue weighted by molar-refractivity contribution is 14.1. The number of carbonyl (C=O) groups excluding carboxylic acids is 1. The molecule has 9 heteroatoms. The summed E-state index contributed by atoms with van der Waals surface area (Å²) in [5.74, 6) is -0.457. The number of fused-ring (bicyclic) bond motifs is 1. The van der Waals surface area contributed by atoms with Crippen molar-refractivity contribution in [2.75, 3.05) is 25.6 Å². The third kappa shape index (κ3) is 5.32. The first-order valence-corrected chi connectivity index (χ1v) is 15.3. The molecule has 212 valence electrons. The minimum Gasteiger partial charge on any atom is -0.463 e. The van der Waals surface area contributed by atoms with E-state index in [1.54, 1.807) is 18.4 Å². The topological polar surface area (TPSA) is 68.8 Å². The monoisotopic (exact) mass is 680 g/mol. The number of halogens is 1. The number of nitrogens with zero attached hydrogens (tertiary/aromatic N) is 4. The fraction of sp³-hybridized carbons (Fsp3) is 0.281. The summed E-state index contributed by atoms with van der Waals surface area (Å²) in [6, 6.07) is 15.8. The predicted octanol–water partition coefficient (Wildman–Crippen LogP) is 5.18. The molecule has 1 aliphatic heterocycles. The summed E-state index contributed by atoms with van der Waals surface area (Å²) in [4.78, 5) is 34.5. The Hall–Kier alpha value is -3.44. The van der Waals surface area contributed by atoms with E-state index < -0.39 is 12.0 Å². The van der Waals surface area contributed by atoms with Gasteiger partial charge in [-0.2, -0.15) is 0 Å². The van der Waals surface area contributed by atoms with Gasteiger partial charge in [0.2, 0.25) is 0 Å². The number of allylic oxidation sites excluding steroid dienone is 1. The number of aromatic nitrogens is 2. The second kappa shape index (κ2) is 11.4. The molecule has 0 bridgehead atoms. The minimum atomic E-state index is -0.634. The molecule has 0 N–H and O–H groups in total. The molecule has 0 spiro atoms. The zero-order valence-electron chi connectivity index (χ0n) is 24.3. The van der Waals surface area contributed by atoms with Crippen molar-refractivity contribution >= 4 is 51.7 Å². The Bertz CT molecular complexity index is 1880. The fourth-order valence-electron chi connectivity index (χ4n) is 5.25. The van der Waals surface area contributed by atoms with E-state index in [0.717, 1.165) is 33.9 Å². The normalized spacial score (nSPS) is 15.1. The summed E-state index contributed by atoms with van der Waals surface area (Å²) in [6.07, 6.45) is 1.94. The van der Waals surface area contributed by atoms with Crippen LogP contribution in [0, 0.1) is 24.3 Å². The van der Waals surface area contributed by atoms with Crippen LogP contribution in [0.1, 0.15) is 48.0 Å². The summed E-state index contributed by atoms with van der Waals surface area (Å²) in [6.45, 7) is 10.1. The summed E-state index contributed by atoms with van der Waals surface area (Å²) in [5, 5.41) is 0. The maximum absolute atomic E-state index is 14.1. The van der Waals surface area contributed by atoms with Gasteiger partial charge in [-0.15, -0.1) is 0 Å². The molecule has 2 aromatic carbocycles. The van der Waals surface area contributed by atoms with Crippen LogP contribution in [0.2, 0.25) is 0 Å². The highest BCUT2D eigenvalue weighted by Crippen LogP contribution is 2.32. The minimum absolute atomic E-state index is 0.181. The summed E-state index contributed by atoms with van der Waals surface area (Å²) >= 11 is 3.70. The summed E-state index contributed by atoms with van der Waals surface area (Å²) in [7, 11) is 3.95. The highest BCUT2D eigenvalue weighted by Gasteiger charge is 2.33. The van der Waals surface area contributed by atoms with Crippen molar-refractivity contribution in [2.45, 2.75) is 40.7 Å². The van der Waals surface area contributed by atoms with Gasteiger partial charge in [-0.1, -0.05) is 29.5 Å². The fourth-order valence-corrected chi connectivity index (χ4v) is 6.79. The van der Waals surface area contributed by atoms with Crippen molar-refractivity contribution in [2.24, 2.45) is 4.99 Å². The predicted molar refractivity (Wildman–Crippen MR) is 174 cm³/mol. The zero-order valence-corrected chi connectivity index (χ0v) is 27.3. The van der Waals surface area contributed by atoms with Crippen molar-refractivity contribution in [1.29, 1.82) is 0 Å². The molecule has 1 atom stereocenters. The van der Waals surface area contributed by atoms with Crippen molar-refractivity contribution in [3.05, 3.63) is 111 Å². The molecule has 3 heterocycles. The van der Waals surface area contributed by atoms with Gasteiger partial charge < -0.3 is 14.2 Å². The second-order valence-electron chi connectivity index (χ2n) is 10.4. The Kier molecular flexibility index (Phi) is 8.11. The Balaban J connectivity index is 1.68. The van der Waals surface area contributed by atoms with Gasteiger partial charge in [0.1, 0.15) is 0 Å². The Labute approximate surface area is 257 Å². The van der Waals surface area contributed by atoms with E-state index >= 15 is 0 Å². The molecule has 1 aliphatic rings. The standard InChI is InChI=1S/C32H33IN4O3S/c1-8-40-31(39)28-20(4)34-32-37(29(28)22-10-13-24(14-11-22)35(6)7)30(38)27(41-32)16-23-15-19(3)36(21(23)5)25-12-9-18(2)26(33)17-25/h9-17,29H,8H2,1-7H3/b27-16+/t29-/m1/s1. The van der Waals surface area contributed by atoms with Crippen molar-refractivity contribution in [3.63, 3.8) is 0 Å². The third-order valence-electron chi connectivity index (χ3n) is 7.41. The summed E-state index contributed by atoms with van der Waals surface area (Å²) in [5.41, 5.74) is 8.05. The maximum atomic E-state index is 14.1. The van der Waals surface area contributed by atoms with Gasteiger partial charge in [-0.3, -0.25) is 9.36 Å². The van der Waals surface area contributed by atoms with Crippen molar-refractivity contribution in [1.82, 2.24) is 9.13 Å². The molecule has 0 radical (unpaired) electrons. The summed E-state index contributed by atoms with van der Waals surface area (Å²) < 4.78 is 11.0.